The quantitative estimate of drug-likeness (QED) is 0.609. The van der Waals surface area contributed by atoms with Gasteiger partial charge in [0, 0.05) is 17.7 Å². The van der Waals surface area contributed by atoms with Gasteiger partial charge in [-0.1, -0.05) is 23.9 Å². The van der Waals surface area contributed by atoms with E-state index in [2.05, 4.69) is 10.2 Å². The number of benzene rings is 1. The summed E-state index contributed by atoms with van der Waals surface area (Å²) in [6.07, 6.45) is 2.12. The minimum absolute atomic E-state index is 0.0936. The molecule has 1 fully saturated rings. The summed E-state index contributed by atoms with van der Waals surface area (Å²) in [6.45, 7) is 1.31. The Labute approximate surface area is 164 Å². The topological polar surface area (TPSA) is 82.0 Å². The summed E-state index contributed by atoms with van der Waals surface area (Å²) in [5, 5.41) is 10.3. The predicted octanol–water partition coefficient (Wildman–Crippen LogP) is 3.17. The Balaban J connectivity index is 1.46. The summed E-state index contributed by atoms with van der Waals surface area (Å²) in [6, 6.07) is 7.85. The number of hydrogen-bond donors (Lipinski definition) is 1. The Morgan fingerprint density at radius 2 is 2.33 bits per heavy atom. The van der Waals surface area contributed by atoms with Crippen LogP contribution in [0, 0.1) is 0 Å². The number of H-pyrrole nitrogens is 1. The SMILES string of the molecule is COc1ccccc1-c1nc(CSc2n[nH]c(=O)n2CC2CCCO2)cs1. The first kappa shape index (κ1) is 18.3. The number of methoxy groups -OCH3 is 1. The largest absolute Gasteiger partial charge is 0.496 e. The molecule has 3 heterocycles. The molecule has 1 unspecified atom stereocenters. The smallest absolute Gasteiger partial charge is 0.344 e. The van der Waals surface area contributed by atoms with Crippen molar-refractivity contribution >= 4 is 23.1 Å². The second kappa shape index (κ2) is 8.28. The van der Waals surface area contributed by atoms with E-state index in [0.717, 1.165) is 41.5 Å². The average molecular weight is 405 g/mol. The lowest BCUT2D eigenvalue weighted by molar-refractivity contribution is 0.0941. The lowest BCUT2D eigenvalue weighted by Crippen LogP contribution is -2.24. The monoisotopic (exact) mass is 404 g/mol. The molecule has 9 heteroatoms. The van der Waals surface area contributed by atoms with Crippen LogP contribution in [0.1, 0.15) is 18.5 Å². The fraction of sp³-hybridized carbons (Fsp3) is 0.389. The second-order valence-corrected chi connectivity index (χ2v) is 7.99. The molecule has 2 aromatic heterocycles. The summed E-state index contributed by atoms with van der Waals surface area (Å²) in [5.74, 6) is 1.45. The molecule has 0 saturated carbocycles. The van der Waals surface area contributed by atoms with Gasteiger partial charge in [-0.3, -0.25) is 4.57 Å². The number of rotatable bonds is 7. The molecule has 1 saturated heterocycles. The molecule has 0 amide bonds. The minimum Gasteiger partial charge on any atom is -0.496 e. The van der Waals surface area contributed by atoms with E-state index in [1.807, 2.05) is 29.6 Å². The molecule has 1 atom stereocenters. The average Bonchev–Trinajstić information content (AvgIpc) is 3.44. The van der Waals surface area contributed by atoms with Crippen molar-refractivity contribution in [2.24, 2.45) is 0 Å². The number of ether oxygens (including phenoxy) is 2. The van der Waals surface area contributed by atoms with Crippen LogP contribution >= 0.6 is 23.1 Å². The van der Waals surface area contributed by atoms with Crippen LogP contribution in [0.15, 0.2) is 39.6 Å². The first-order valence-electron chi connectivity index (χ1n) is 8.72. The summed E-state index contributed by atoms with van der Waals surface area (Å²) in [7, 11) is 1.66. The molecule has 4 rings (SSSR count). The molecule has 1 aromatic carbocycles. The summed E-state index contributed by atoms with van der Waals surface area (Å²) < 4.78 is 12.7. The molecule has 0 aliphatic carbocycles. The number of hydrogen-bond acceptors (Lipinski definition) is 7. The van der Waals surface area contributed by atoms with E-state index in [1.54, 1.807) is 23.0 Å². The zero-order chi connectivity index (χ0) is 18.6. The van der Waals surface area contributed by atoms with Crippen LogP contribution in [0.3, 0.4) is 0 Å². The van der Waals surface area contributed by atoms with E-state index >= 15 is 0 Å². The first-order chi connectivity index (χ1) is 13.2. The number of thiazole rings is 1. The Hall–Kier alpha value is -2.10. The predicted molar refractivity (Wildman–Crippen MR) is 105 cm³/mol. The van der Waals surface area contributed by atoms with Crippen molar-refractivity contribution in [2.45, 2.75) is 36.4 Å². The number of para-hydroxylation sites is 1. The third-order valence-electron chi connectivity index (χ3n) is 4.37. The normalized spacial score (nSPS) is 16.7. The molecule has 0 radical (unpaired) electrons. The van der Waals surface area contributed by atoms with Crippen LogP contribution in [0.5, 0.6) is 5.75 Å². The zero-order valence-electron chi connectivity index (χ0n) is 14.9. The molecule has 0 bridgehead atoms. The van der Waals surface area contributed by atoms with Crippen LogP contribution in [-0.4, -0.2) is 39.6 Å². The van der Waals surface area contributed by atoms with Crippen LogP contribution in [0.4, 0.5) is 0 Å². The number of aromatic amines is 1. The lowest BCUT2D eigenvalue weighted by Gasteiger charge is -2.10. The highest BCUT2D eigenvalue weighted by Gasteiger charge is 2.20. The molecule has 1 N–H and O–H groups in total. The maximum absolute atomic E-state index is 12.0. The third kappa shape index (κ3) is 4.10. The van der Waals surface area contributed by atoms with Crippen molar-refractivity contribution in [2.75, 3.05) is 13.7 Å². The van der Waals surface area contributed by atoms with E-state index in [4.69, 9.17) is 14.5 Å². The van der Waals surface area contributed by atoms with Crippen LogP contribution in [0.25, 0.3) is 10.6 Å². The molecule has 3 aromatic rings. The number of nitrogens with one attached hydrogen (secondary N) is 1. The van der Waals surface area contributed by atoms with Crippen molar-refractivity contribution in [3.8, 4) is 16.3 Å². The van der Waals surface area contributed by atoms with Gasteiger partial charge in [-0.2, -0.15) is 0 Å². The Bertz CT molecular complexity index is 959. The fourth-order valence-corrected chi connectivity index (χ4v) is 4.83. The van der Waals surface area contributed by atoms with E-state index in [1.165, 1.54) is 11.8 Å². The van der Waals surface area contributed by atoms with Gasteiger partial charge in [-0.15, -0.1) is 16.4 Å². The number of nitrogens with zero attached hydrogens (tertiary/aromatic N) is 3. The highest BCUT2D eigenvalue weighted by molar-refractivity contribution is 7.98. The van der Waals surface area contributed by atoms with E-state index < -0.39 is 0 Å². The van der Waals surface area contributed by atoms with Gasteiger partial charge in [0.1, 0.15) is 10.8 Å². The summed E-state index contributed by atoms with van der Waals surface area (Å²) in [5.41, 5.74) is 1.74. The molecular weight excluding hydrogens is 384 g/mol. The van der Waals surface area contributed by atoms with Crippen molar-refractivity contribution in [1.29, 1.82) is 0 Å². The highest BCUT2D eigenvalue weighted by Crippen LogP contribution is 2.33. The van der Waals surface area contributed by atoms with Crippen molar-refractivity contribution in [3.05, 3.63) is 45.8 Å². The van der Waals surface area contributed by atoms with Crippen molar-refractivity contribution < 1.29 is 9.47 Å². The zero-order valence-corrected chi connectivity index (χ0v) is 16.5. The van der Waals surface area contributed by atoms with Gasteiger partial charge in [0.15, 0.2) is 5.16 Å². The molecule has 142 valence electrons. The maximum Gasteiger partial charge on any atom is 0.344 e. The molecule has 27 heavy (non-hydrogen) atoms. The van der Waals surface area contributed by atoms with Gasteiger partial charge in [0.2, 0.25) is 0 Å². The minimum atomic E-state index is -0.194. The van der Waals surface area contributed by atoms with Gasteiger partial charge in [-0.05, 0) is 25.0 Å². The summed E-state index contributed by atoms with van der Waals surface area (Å²) >= 11 is 3.08. The second-order valence-electron chi connectivity index (χ2n) is 6.19. The molecular formula is C18H20N4O3S2. The van der Waals surface area contributed by atoms with Crippen molar-refractivity contribution in [1.82, 2.24) is 19.7 Å². The third-order valence-corrected chi connectivity index (χ3v) is 6.31. The lowest BCUT2D eigenvalue weighted by atomic mass is 10.2. The van der Waals surface area contributed by atoms with E-state index in [0.29, 0.717) is 17.5 Å². The molecule has 1 aliphatic heterocycles. The van der Waals surface area contributed by atoms with E-state index in [9.17, 15) is 4.79 Å². The van der Waals surface area contributed by atoms with Gasteiger partial charge < -0.3 is 9.47 Å². The molecule has 0 spiro atoms. The Kier molecular flexibility index (Phi) is 5.61. The number of thioether (sulfide) groups is 1. The van der Waals surface area contributed by atoms with E-state index in [-0.39, 0.29) is 11.8 Å². The highest BCUT2D eigenvalue weighted by atomic mass is 32.2. The van der Waals surface area contributed by atoms with Gasteiger partial charge >= 0.3 is 5.69 Å². The van der Waals surface area contributed by atoms with Crippen LogP contribution < -0.4 is 10.4 Å². The fourth-order valence-electron chi connectivity index (χ4n) is 3.02. The van der Waals surface area contributed by atoms with Crippen molar-refractivity contribution in [3.63, 3.8) is 0 Å². The molecule has 1 aliphatic rings. The summed E-state index contributed by atoms with van der Waals surface area (Å²) in [4.78, 5) is 16.8. The Morgan fingerprint density at radius 1 is 1.44 bits per heavy atom. The van der Waals surface area contributed by atoms with Gasteiger partial charge in [0.05, 0.1) is 31.0 Å². The molecule has 7 nitrogen and oxygen atoms in total. The van der Waals surface area contributed by atoms with Crippen LogP contribution in [-0.2, 0) is 17.0 Å². The Morgan fingerprint density at radius 3 is 3.15 bits per heavy atom. The van der Waals surface area contributed by atoms with Gasteiger partial charge in [-0.25, -0.2) is 14.9 Å². The standard InChI is InChI=1S/C18H20N4O3S2/c1-24-15-7-3-2-6-14(15)16-19-12(10-26-16)11-27-18-21-20-17(23)22(18)9-13-5-4-8-25-13/h2-3,6-7,10,13H,4-5,8-9,11H2,1H3,(H,20,23). The first-order valence-corrected chi connectivity index (χ1v) is 10.6. The maximum atomic E-state index is 12.0. The number of aromatic nitrogens is 4. The van der Waals surface area contributed by atoms with Crippen LogP contribution in [0.2, 0.25) is 0 Å². The van der Waals surface area contributed by atoms with Gasteiger partial charge in [0.25, 0.3) is 0 Å².